The van der Waals surface area contributed by atoms with Gasteiger partial charge in [-0.05, 0) is 40.5 Å². The Labute approximate surface area is 159 Å². The Morgan fingerprint density at radius 1 is 1.17 bits per heavy atom. The number of carbonyl (C=O) groups excluding carboxylic acids is 1. The molecule has 0 aliphatic heterocycles. The Hall–Kier alpha value is -0.380. The number of hydrogen-bond acceptors (Lipinski definition) is 3. The topological polar surface area (TPSA) is 82.6 Å². The SMILES string of the molecule is CCNC(=NCCS(=O)C(C)(C)C)NCCNC(=O)C1CC1.I. The second kappa shape index (κ2) is 11.2. The van der Waals surface area contributed by atoms with E-state index in [9.17, 15) is 9.00 Å². The summed E-state index contributed by atoms with van der Waals surface area (Å²) in [6, 6.07) is 0. The molecule has 1 rings (SSSR count). The van der Waals surface area contributed by atoms with Crippen molar-refractivity contribution >= 4 is 46.6 Å². The van der Waals surface area contributed by atoms with E-state index in [0.717, 1.165) is 19.4 Å². The van der Waals surface area contributed by atoms with Gasteiger partial charge in [-0.25, -0.2) is 0 Å². The van der Waals surface area contributed by atoms with Crippen LogP contribution in [0.25, 0.3) is 0 Å². The summed E-state index contributed by atoms with van der Waals surface area (Å²) in [5.41, 5.74) is 0. The molecule has 6 nitrogen and oxygen atoms in total. The van der Waals surface area contributed by atoms with Crippen molar-refractivity contribution in [1.29, 1.82) is 0 Å². The predicted molar refractivity (Wildman–Crippen MR) is 108 cm³/mol. The van der Waals surface area contributed by atoms with Crippen LogP contribution in [-0.4, -0.2) is 52.8 Å². The summed E-state index contributed by atoms with van der Waals surface area (Å²) in [4.78, 5) is 15.9. The molecule has 1 fully saturated rings. The van der Waals surface area contributed by atoms with Crippen molar-refractivity contribution in [3.63, 3.8) is 0 Å². The van der Waals surface area contributed by atoms with Crippen molar-refractivity contribution in [2.45, 2.75) is 45.3 Å². The zero-order valence-corrected chi connectivity index (χ0v) is 17.8. The fraction of sp³-hybridized carbons (Fsp3) is 0.867. The highest BCUT2D eigenvalue weighted by Gasteiger charge is 2.28. The quantitative estimate of drug-likeness (QED) is 0.221. The lowest BCUT2D eigenvalue weighted by molar-refractivity contribution is -0.122. The maximum absolute atomic E-state index is 12.0. The molecule has 0 aromatic heterocycles. The third-order valence-electron chi connectivity index (χ3n) is 3.24. The van der Waals surface area contributed by atoms with E-state index in [1.54, 1.807) is 0 Å². The van der Waals surface area contributed by atoms with Gasteiger partial charge in [0.25, 0.3) is 0 Å². The first-order chi connectivity index (χ1) is 10.3. The van der Waals surface area contributed by atoms with Crippen LogP contribution in [0.4, 0.5) is 0 Å². The Balaban J connectivity index is 0.00000484. The molecule has 0 spiro atoms. The van der Waals surface area contributed by atoms with E-state index in [1.807, 2.05) is 27.7 Å². The predicted octanol–water partition coefficient (Wildman–Crippen LogP) is 1.23. The summed E-state index contributed by atoms with van der Waals surface area (Å²) in [5.74, 6) is 1.66. The third kappa shape index (κ3) is 10.2. The van der Waals surface area contributed by atoms with Crippen LogP contribution in [0, 0.1) is 5.92 Å². The number of nitrogens with zero attached hydrogens (tertiary/aromatic N) is 1. The average Bonchev–Trinajstić information content (AvgIpc) is 3.26. The Kier molecular flexibility index (Phi) is 11.0. The van der Waals surface area contributed by atoms with Crippen LogP contribution in [0.5, 0.6) is 0 Å². The molecular formula is C15H31IN4O2S. The van der Waals surface area contributed by atoms with Crippen LogP contribution in [-0.2, 0) is 15.6 Å². The number of amides is 1. The van der Waals surface area contributed by atoms with Gasteiger partial charge >= 0.3 is 0 Å². The van der Waals surface area contributed by atoms with E-state index < -0.39 is 10.8 Å². The van der Waals surface area contributed by atoms with Gasteiger partial charge in [-0.15, -0.1) is 24.0 Å². The number of halogens is 1. The summed E-state index contributed by atoms with van der Waals surface area (Å²) in [6.07, 6.45) is 2.04. The van der Waals surface area contributed by atoms with Gasteiger partial charge in [0.15, 0.2) is 5.96 Å². The monoisotopic (exact) mass is 458 g/mol. The minimum atomic E-state index is -0.889. The van der Waals surface area contributed by atoms with Crippen molar-refractivity contribution in [3.8, 4) is 0 Å². The fourth-order valence-electron chi connectivity index (χ4n) is 1.74. The molecule has 1 aliphatic carbocycles. The molecule has 1 unspecified atom stereocenters. The Morgan fingerprint density at radius 2 is 1.78 bits per heavy atom. The highest BCUT2D eigenvalue weighted by Crippen LogP contribution is 2.28. The molecular weight excluding hydrogens is 427 g/mol. The van der Waals surface area contributed by atoms with Crippen molar-refractivity contribution in [3.05, 3.63) is 0 Å². The normalized spacial score (nSPS) is 16.3. The van der Waals surface area contributed by atoms with Crippen molar-refractivity contribution in [1.82, 2.24) is 16.0 Å². The van der Waals surface area contributed by atoms with Gasteiger partial charge in [0, 0.05) is 46.9 Å². The van der Waals surface area contributed by atoms with Crippen LogP contribution in [0.3, 0.4) is 0 Å². The molecule has 136 valence electrons. The molecule has 8 heteroatoms. The lowest BCUT2D eigenvalue weighted by atomic mass is 10.3. The zero-order chi connectivity index (χ0) is 16.6. The lowest BCUT2D eigenvalue weighted by Gasteiger charge is -2.17. The standard InChI is InChI=1S/C15H30N4O2S.HI/c1-5-16-14(19-10-11-22(21)15(2,3)4)18-9-8-17-13(20)12-6-7-12;/h12H,5-11H2,1-4H3,(H,17,20)(H2,16,18,19);1H. The number of guanidine groups is 1. The van der Waals surface area contributed by atoms with E-state index in [4.69, 9.17) is 0 Å². The molecule has 0 bridgehead atoms. The summed E-state index contributed by atoms with van der Waals surface area (Å²) in [5, 5.41) is 9.22. The molecule has 0 aromatic rings. The Bertz CT molecular complexity index is 420. The van der Waals surface area contributed by atoms with Gasteiger partial charge in [-0.3, -0.25) is 14.0 Å². The molecule has 23 heavy (non-hydrogen) atoms. The highest BCUT2D eigenvalue weighted by molar-refractivity contribution is 14.0. The van der Waals surface area contributed by atoms with Crippen molar-refractivity contribution < 1.29 is 9.00 Å². The highest BCUT2D eigenvalue weighted by atomic mass is 127. The minimum Gasteiger partial charge on any atom is -0.357 e. The van der Waals surface area contributed by atoms with Crippen LogP contribution in [0.15, 0.2) is 4.99 Å². The largest absolute Gasteiger partial charge is 0.357 e. The second-order valence-electron chi connectivity index (χ2n) is 6.41. The number of nitrogens with one attached hydrogen (secondary N) is 3. The second-order valence-corrected chi connectivity index (χ2v) is 8.74. The molecule has 0 heterocycles. The molecule has 0 radical (unpaired) electrons. The van der Waals surface area contributed by atoms with Crippen LogP contribution < -0.4 is 16.0 Å². The summed E-state index contributed by atoms with van der Waals surface area (Å²) >= 11 is 0. The number of aliphatic imine (C=N–C) groups is 1. The summed E-state index contributed by atoms with van der Waals surface area (Å²) < 4.78 is 11.8. The van der Waals surface area contributed by atoms with Gasteiger partial charge < -0.3 is 16.0 Å². The number of hydrogen-bond donors (Lipinski definition) is 3. The van der Waals surface area contributed by atoms with Gasteiger partial charge in [-0.2, -0.15) is 0 Å². The summed E-state index contributed by atoms with van der Waals surface area (Å²) in [6.45, 7) is 10.4. The van der Waals surface area contributed by atoms with Crippen LogP contribution in [0.2, 0.25) is 0 Å². The molecule has 1 atom stereocenters. The molecule has 3 N–H and O–H groups in total. The molecule has 1 amide bonds. The molecule has 0 aromatic carbocycles. The van der Waals surface area contributed by atoms with Crippen molar-refractivity contribution in [2.24, 2.45) is 10.9 Å². The molecule has 0 saturated heterocycles. The first-order valence-electron chi connectivity index (χ1n) is 8.03. The number of carbonyl (C=O) groups is 1. The van der Waals surface area contributed by atoms with E-state index in [1.165, 1.54) is 0 Å². The van der Waals surface area contributed by atoms with Crippen LogP contribution in [0.1, 0.15) is 40.5 Å². The third-order valence-corrected chi connectivity index (χ3v) is 5.16. The summed E-state index contributed by atoms with van der Waals surface area (Å²) in [7, 11) is -0.889. The van der Waals surface area contributed by atoms with Gasteiger partial charge in [0.2, 0.25) is 5.91 Å². The Morgan fingerprint density at radius 3 is 2.30 bits per heavy atom. The van der Waals surface area contributed by atoms with E-state index in [0.29, 0.717) is 31.3 Å². The van der Waals surface area contributed by atoms with Crippen molar-refractivity contribution in [2.75, 3.05) is 31.9 Å². The minimum absolute atomic E-state index is 0. The first-order valence-corrected chi connectivity index (χ1v) is 9.35. The number of rotatable bonds is 8. The maximum Gasteiger partial charge on any atom is 0.223 e. The lowest BCUT2D eigenvalue weighted by Crippen LogP contribution is -2.42. The van der Waals surface area contributed by atoms with Crippen LogP contribution >= 0.6 is 24.0 Å². The van der Waals surface area contributed by atoms with E-state index >= 15 is 0 Å². The molecule has 1 aliphatic rings. The smallest absolute Gasteiger partial charge is 0.223 e. The average molecular weight is 458 g/mol. The van der Waals surface area contributed by atoms with Gasteiger partial charge in [0.1, 0.15) is 0 Å². The van der Waals surface area contributed by atoms with E-state index in [-0.39, 0.29) is 40.5 Å². The van der Waals surface area contributed by atoms with Gasteiger partial charge in [0.05, 0.1) is 6.54 Å². The van der Waals surface area contributed by atoms with E-state index in [2.05, 4.69) is 20.9 Å². The van der Waals surface area contributed by atoms with Gasteiger partial charge in [-0.1, -0.05) is 0 Å². The molecule has 1 saturated carbocycles. The zero-order valence-electron chi connectivity index (χ0n) is 14.6. The first kappa shape index (κ1) is 22.6. The maximum atomic E-state index is 12.0. The fourth-order valence-corrected chi connectivity index (χ4v) is 2.61.